The van der Waals surface area contributed by atoms with Crippen molar-refractivity contribution >= 4 is 11.7 Å². The largest absolute Gasteiger partial charge is 0.382 e. The molecule has 6 heteroatoms. The van der Waals surface area contributed by atoms with Crippen LogP contribution in [0.4, 0.5) is 5.82 Å². The van der Waals surface area contributed by atoms with E-state index in [1.165, 1.54) is 0 Å². The van der Waals surface area contributed by atoms with Crippen LogP contribution in [0.3, 0.4) is 0 Å². The molecule has 1 amide bonds. The fraction of sp³-hybridized carbons (Fsp3) is 0.308. The Morgan fingerprint density at radius 2 is 2.26 bits per heavy atom. The van der Waals surface area contributed by atoms with Gasteiger partial charge < -0.3 is 10.6 Å². The second-order valence-electron chi connectivity index (χ2n) is 4.17. The molecule has 2 heterocycles. The summed E-state index contributed by atoms with van der Waals surface area (Å²) in [4.78, 5) is 18.1. The predicted molar refractivity (Wildman–Crippen MR) is 72.0 cm³/mol. The second kappa shape index (κ2) is 5.99. The molecular formula is C13H17N5O. The number of carbonyl (C=O) groups is 1. The van der Waals surface area contributed by atoms with Gasteiger partial charge >= 0.3 is 0 Å². The Labute approximate surface area is 111 Å². The third kappa shape index (κ3) is 3.54. The van der Waals surface area contributed by atoms with Crippen LogP contribution in [0.25, 0.3) is 0 Å². The predicted octanol–water partition coefficient (Wildman–Crippen LogP) is 0.909. The van der Waals surface area contributed by atoms with Crippen LogP contribution in [0.1, 0.15) is 12.6 Å². The van der Waals surface area contributed by atoms with Crippen LogP contribution in [-0.2, 0) is 17.9 Å². The Bertz CT molecular complexity index is 537. The van der Waals surface area contributed by atoms with Crippen LogP contribution >= 0.6 is 0 Å². The smallest absolute Gasteiger partial charge is 0.244 e. The molecule has 0 aliphatic rings. The van der Waals surface area contributed by atoms with Crippen LogP contribution in [0.5, 0.6) is 0 Å². The van der Waals surface area contributed by atoms with Gasteiger partial charge in [-0.15, -0.1) is 0 Å². The summed E-state index contributed by atoms with van der Waals surface area (Å²) < 4.78 is 1.54. The summed E-state index contributed by atoms with van der Waals surface area (Å²) in [6.45, 7) is 3.27. The molecule has 6 nitrogen and oxygen atoms in total. The number of nitrogen functional groups attached to an aromatic ring is 1. The molecule has 0 aliphatic carbocycles. The van der Waals surface area contributed by atoms with Gasteiger partial charge in [0, 0.05) is 18.9 Å². The van der Waals surface area contributed by atoms with Crippen molar-refractivity contribution in [1.82, 2.24) is 19.7 Å². The number of hydrogen-bond acceptors (Lipinski definition) is 4. The van der Waals surface area contributed by atoms with Gasteiger partial charge in [0.1, 0.15) is 12.4 Å². The minimum absolute atomic E-state index is 0.00347. The van der Waals surface area contributed by atoms with Crippen molar-refractivity contribution < 1.29 is 4.79 Å². The summed E-state index contributed by atoms with van der Waals surface area (Å²) in [5.41, 5.74) is 6.39. The van der Waals surface area contributed by atoms with Crippen molar-refractivity contribution in [3.63, 3.8) is 0 Å². The van der Waals surface area contributed by atoms with Crippen molar-refractivity contribution in [2.24, 2.45) is 0 Å². The Balaban J connectivity index is 1.99. The van der Waals surface area contributed by atoms with Crippen LogP contribution < -0.4 is 5.73 Å². The van der Waals surface area contributed by atoms with E-state index in [0.717, 1.165) is 5.69 Å². The van der Waals surface area contributed by atoms with E-state index < -0.39 is 0 Å². The van der Waals surface area contributed by atoms with E-state index in [2.05, 4.69) is 10.1 Å². The van der Waals surface area contributed by atoms with Gasteiger partial charge in [0.2, 0.25) is 5.91 Å². The van der Waals surface area contributed by atoms with Gasteiger partial charge in [0.15, 0.2) is 0 Å². The van der Waals surface area contributed by atoms with Crippen molar-refractivity contribution in [2.45, 2.75) is 20.0 Å². The molecular weight excluding hydrogens is 242 g/mol. The summed E-state index contributed by atoms with van der Waals surface area (Å²) in [6.07, 6.45) is 3.42. The zero-order chi connectivity index (χ0) is 13.7. The first-order chi connectivity index (χ1) is 9.19. The zero-order valence-electron chi connectivity index (χ0n) is 10.9. The summed E-state index contributed by atoms with van der Waals surface area (Å²) in [6, 6.07) is 7.34. The summed E-state index contributed by atoms with van der Waals surface area (Å²) in [5, 5.41) is 4.01. The molecule has 0 aromatic carbocycles. The first-order valence-corrected chi connectivity index (χ1v) is 6.15. The lowest BCUT2D eigenvalue weighted by atomic mass is 10.3. The van der Waals surface area contributed by atoms with Crippen LogP contribution in [0, 0.1) is 0 Å². The van der Waals surface area contributed by atoms with Gasteiger partial charge in [-0.05, 0) is 25.1 Å². The topological polar surface area (TPSA) is 77.0 Å². The van der Waals surface area contributed by atoms with E-state index in [1.807, 2.05) is 25.1 Å². The van der Waals surface area contributed by atoms with Crippen molar-refractivity contribution in [1.29, 1.82) is 0 Å². The minimum Gasteiger partial charge on any atom is -0.382 e. The number of pyridine rings is 1. The van der Waals surface area contributed by atoms with Crippen LogP contribution in [-0.4, -0.2) is 32.1 Å². The maximum atomic E-state index is 12.2. The third-order valence-electron chi connectivity index (χ3n) is 2.77. The zero-order valence-corrected chi connectivity index (χ0v) is 10.9. The number of anilines is 1. The molecule has 0 bridgehead atoms. The quantitative estimate of drug-likeness (QED) is 0.865. The number of nitrogens with zero attached hydrogens (tertiary/aromatic N) is 4. The van der Waals surface area contributed by atoms with Crippen LogP contribution in [0.15, 0.2) is 36.7 Å². The van der Waals surface area contributed by atoms with E-state index in [9.17, 15) is 4.79 Å². The molecule has 100 valence electrons. The van der Waals surface area contributed by atoms with Crippen molar-refractivity contribution in [2.75, 3.05) is 12.3 Å². The lowest BCUT2D eigenvalue weighted by Gasteiger charge is -2.20. The molecule has 0 atom stereocenters. The number of hydrogen-bond donors (Lipinski definition) is 1. The monoisotopic (exact) mass is 259 g/mol. The first kappa shape index (κ1) is 13.1. The summed E-state index contributed by atoms with van der Waals surface area (Å²) in [5.74, 6) is 0.414. The lowest BCUT2D eigenvalue weighted by molar-refractivity contribution is -0.132. The van der Waals surface area contributed by atoms with E-state index in [1.54, 1.807) is 28.0 Å². The summed E-state index contributed by atoms with van der Waals surface area (Å²) >= 11 is 0. The van der Waals surface area contributed by atoms with E-state index >= 15 is 0 Å². The Morgan fingerprint density at radius 1 is 1.42 bits per heavy atom. The minimum atomic E-state index is -0.00347. The molecule has 0 radical (unpaired) electrons. The fourth-order valence-corrected chi connectivity index (χ4v) is 1.77. The maximum Gasteiger partial charge on any atom is 0.244 e. The number of likely N-dealkylation sites (N-methyl/N-ethyl adjacent to an activating group) is 1. The molecule has 0 unspecified atom stereocenters. The highest BCUT2D eigenvalue weighted by Gasteiger charge is 2.13. The van der Waals surface area contributed by atoms with E-state index in [-0.39, 0.29) is 12.5 Å². The highest BCUT2D eigenvalue weighted by atomic mass is 16.2. The third-order valence-corrected chi connectivity index (χ3v) is 2.77. The first-order valence-electron chi connectivity index (χ1n) is 6.15. The number of nitrogens with two attached hydrogens (primary N) is 1. The molecule has 0 saturated heterocycles. The molecule has 2 aromatic heterocycles. The Morgan fingerprint density at radius 3 is 2.84 bits per heavy atom. The van der Waals surface area contributed by atoms with Gasteiger partial charge in [-0.2, -0.15) is 5.10 Å². The molecule has 0 saturated carbocycles. The fourth-order valence-electron chi connectivity index (χ4n) is 1.77. The van der Waals surface area contributed by atoms with Gasteiger partial charge in [-0.25, -0.2) is 0 Å². The van der Waals surface area contributed by atoms with Crippen molar-refractivity contribution in [3.05, 3.63) is 42.4 Å². The summed E-state index contributed by atoms with van der Waals surface area (Å²) in [7, 11) is 0. The second-order valence-corrected chi connectivity index (χ2v) is 4.17. The number of rotatable bonds is 5. The van der Waals surface area contributed by atoms with Gasteiger partial charge in [-0.3, -0.25) is 14.5 Å². The van der Waals surface area contributed by atoms with Gasteiger partial charge in [-0.1, -0.05) is 6.07 Å². The number of aromatic nitrogens is 3. The average Bonchev–Trinajstić information content (AvgIpc) is 2.82. The Kier molecular flexibility index (Phi) is 4.12. The number of carbonyl (C=O) groups excluding carboxylic acids is 1. The molecule has 0 aliphatic heterocycles. The molecule has 0 fully saturated rings. The lowest BCUT2D eigenvalue weighted by Crippen LogP contribution is -2.33. The highest BCUT2D eigenvalue weighted by Crippen LogP contribution is 2.03. The average molecular weight is 259 g/mol. The standard InChI is InChI=1S/C13H17N5O/c1-2-17(9-11-5-3-4-7-15-11)13(19)10-18-8-6-12(14)16-18/h3-8H,2,9-10H2,1H3,(H2,14,16). The van der Waals surface area contributed by atoms with Gasteiger partial charge in [0.05, 0.1) is 12.2 Å². The molecule has 19 heavy (non-hydrogen) atoms. The van der Waals surface area contributed by atoms with E-state index in [4.69, 9.17) is 5.73 Å². The molecule has 0 spiro atoms. The SMILES string of the molecule is CCN(Cc1ccccn1)C(=O)Cn1ccc(N)n1. The Hall–Kier alpha value is -2.37. The maximum absolute atomic E-state index is 12.2. The molecule has 2 rings (SSSR count). The van der Waals surface area contributed by atoms with Gasteiger partial charge in [0.25, 0.3) is 0 Å². The normalized spacial score (nSPS) is 10.4. The molecule has 2 N–H and O–H groups in total. The van der Waals surface area contributed by atoms with Crippen molar-refractivity contribution in [3.8, 4) is 0 Å². The highest BCUT2D eigenvalue weighted by molar-refractivity contribution is 5.75. The van der Waals surface area contributed by atoms with E-state index in [0.29, 0.717) is 18.9 Å². The molecule has 2 aromatic rings. The van der Waals surface area contributed by atoms with Crippen LogP contribution in [0.2, 0.25) is 0 Å². The number of amides is 1.